The Balaban J connectivity index is 1.78. The predicted molar refractivity (Wildman–Crippen MR) is 118 cm³/mol. The Morgan fingerprint density at radius 3 is 2.31 bits per heavy atom. The molecule has 3 aromatic rings. The fourth-order valence-electron chi connectivity index (χ4n) is 3.64. The van der Waals surface area contributed by atoms with Gasteiger partial charge in [-0.1, -0.05) is 49.4 Å². The third-order valence-electron chi connectivity index (χ3n) is 5.37. The maximum absolute atomic E-state index is 13.0. The van der Waals surface area contributed by atoms with Crippen molar-refractivity contribution in [3.05, 3.63) is 82.7 Å². The maximum Gasteiger partial charge on any atom is 0.255 e. The summed E-state index contributed by atoms with van der Waals surface area (Å²) in [6, 6.07) is 18.6. The molecular weight excluding hydrogens is 360 g/mol. The number of para-hydroxylation sites is 1. The molecule has 0 saturated carbocycles. The minimum atomic E-state index is -0.0841. The zero-order valence-corrected chi connectivity index (χ0v) is 17.9. The first-order chi connectivity index (χ1) is 13.9. The van der Waals surface area contributed by atoms with Crippen LogP contribution in [0.3, 0.4) is 0 Å². The van der Waals surface area contributed by atoms with E-state index in [2.05, 4.69) is 46.5 Å². The standard InChI is InChI=1S/C24H30N4O/c1-6-19-12-14-20(15-13-19)22(27(4)5)16-25-24(29)23-17(2)26-28(18(23)3)21-10-8-7-9-11-21/h7-15,22H,6,16H2,1-5H3,(H,25,29)/t22-/m0/s1. The molecule has 2 aromatic carbocycles. The molecule has 1 aromatic heterocycles. The van der Waals surface area contributed by atoms with Crippen molar-refractivity contribution in [2.24, 2.45) is 0 Å². The van der Waals surface area contributed by atoms with Crippen molar-refractivity contribution in [1.29, 1.82) is 0 Å². The van der Waals surface area contributed by atoms with E-state index in [9.17, 15) is 4.79 Å². The van der Waals surface area contributed by atoms with Crippen LogP contribution in [0.4, 0.5) is 0 Å². The first-order valence-corrected chi connectivity index (χ1v) is 10.1. The molecule has 0 saturated heterocycles. The summed E-state index contributed by atoms with van der Waals surface area (Å²) in [6.45, 7) is 6.51. The number of aryl methyl sites for hydroxylation is 2. The SMILES string of the molecule is CCc1ccc([C@H](CNC(=O)c2c(C)nn(-c3ccccc3)c2C)N(C)C)cc1. The van der Waals surface area contributed by atoms with Crippen LogP contribution in [0.1, 0.15) is 45.8 Å². The molecule has 0 aliphatic rings. The Bertz CT molecular complexity index is 959. The lowest BCUT2D eigenvalue weighted by molar-refractivity contribution is 0.0940. The largest absolute Gasteiger partial charge is 0.350 e. The molecule has 1 amide bonds. The quantitative estimate of drug-likeness (QED) is 0.661. The van der Waals surface area contributed by atoms with Gasteiger partial charge in [0.25, 0.3) is 5.91 Å². The Hall–Kier alpha value is -2.92. The van der Waals surface area contributed by atoms with Crippen LogP contribution in [0.2, 0.25) is 0 Å². The molecule has 1 heterocycles. The van der Waals surface area contributed by atoms with Crippen LogP contribution in [0, 0.1) is 13.8 Å². The van der Waals surface area contributed by atoms with Crippen LogP contribution in [0.5, 0.6) is 0 Å². The highest BCUT2D eigenvalue weighted by molar-refractivity contribution is 5.96. The molecule has 0 aliphatic heterocycles. The molecule has 0 spiro atoms. The van der Waals surface area contributed by atoms with E-state index in [1.54, 1.807) is 0 Å². The summed E-state index contributed by atoms with van der Waals surface area (Å²) in [4.78, 5) is 15.1. The zero-order chi connectivity index (χ0) is 21.0. The summed E-state index contributed by atoms with van der Waals surface area (Å²) < 4.78 is 1.83. The van der Waals surface area contributed by atoms with Crippen LogP contribution in [0.15, 0.2) is 54.6 Å². The highest BCUT2D eigenvalue weighted by Gasteiger charge is 2.21. The number of hydrogen-bond acceptors (Lipinski definition) is 3. The van der Waals surface area contributed by atoms with E-state index in [-0.39, 0.29) is 11.9 Å². The first-order valence-electron chi connectivity index (χ1n) is 10.1. The molecule has 1 N–H and O–H groups in total. The summed E-state index contributed by atoms with van der Waals surface area (Å²) in [6.07, 6.45) is 1.02. The number of aromatic nitrogens is 2. The highest BCUT2D eigenvalue weighted by Crippen LogP contribution is 2.20. The van der Waals surface area contributed by atoms with Gasteiger partial charge in [-0.3, -0.25) is 4.79 Å². The van der Waals surface area contributed by atoms with Gasteiger partial charge in [-0.25, -0.2) is 4.68 Å². The normalized spacial score (nSPS) is 12.2. The fourth-order valence-corrected chi connectivity index (χ4v) is 3.64. The van der Waals surface area contributed by atoms with Crippen molar-refractivity contribution in [2.45, 2.75) is 33.2 Å². The van der Waals surface area contributed by atoms with Gasteiger partial charge in [0.2, 0.25) is 0 Å². The monoisotopic (exact) mass is 390 g/mol. The highest BCUT2D eigenvalue weighted by atomic mass is 16.1. The summed E-state index contributed by atoms with van der Waals surface area (Å²) in [5.74, 6) is -0.0841. The van der Waals surface area contributed by atoms with Gasteiger partial charge in [0, 0.05) is 6.54 Å². The number of carbonyl (C=O) groups excluding carboxylic acids is 1. The van der Waals surface area contributed by atoms with Crippen molar-refractivity contribution >= 4 is 5.91 Å². The van der Waals surface area contributed by atoms with Gasteiger partial charge in [0.15, 0.2) is 0 Å². The van der Waals surface area contributed by atoms with Crippen LogP contribution < -0.4 is 5.32 Å². The van der Waals surface area contributed by atoms with Crippen LogP contribution in [-0.2, 0) is 6.42 Å². The Kier molecular flexibility index (Phi) is 6.49. The number of amides is 1. The van der Waals surface area contributed by atoms with Gasteiger partial charge in [0.05, 0.1) is 28.7 Å². The molecule has 0 bridgehead atoms. The Labute approximate surface area is 173 Å². The molecule has 0 aliphatic carbocycles. The topological polar surface area (TPSA) is 50.2 Å². The smallest absolute Gasteiger partial charge is 0.255 e. The van der Waals surface area contributed by atoms with Gasteiger partial charge >= 0.3 is 0 Å². The molecule has 0 fully saturated rings. The van der Waals surface area contributed by atoms with E-state index >= 15 is 0 Å². The van der Waals surface area contributed by atoms with E-state index < -0.39 is 0 Å². The number of nitrogens with zero attached hydrogens (tertiary/aromatic N) is 3. The zero-order valence-electron chi connectivity index (χ0n) is 17.9. The summed E-state index contributed by atoms with van der Waals surface area (Å²) in [5, 5.41) is 7.71. The summed E-state index contributed by atoms with van der Waals surface area (Å²) >= 11 is 0. The molecule has 1 atom stereocenters. The molecule has 152 valence electrons. The van der Waals surface area contributed by atoms with E-state index in [0.29, 0.717) is 12.1 Å². The second-order valence-electron chi connectivity index (χ2n) is 7.58. The van der Waals surface area contributed by atoms with Gasteiger partial charge in [-0.05, 0) is 57.6 Å². The van der Waals surface area contributed by atoms with Gasteiger partial charge in [0.1, 0.15) is 0 Å². The van der Waals surface area contributed by atoms with Crippen LogP contribution in [0.25, 0.3) is 5.69 Å². The number of nitrogens with one attached hydrogen (secondary N) is 1. The molecule has 5 nitrogen and oxygen atoms in total. The number of likely N-dealkylation sites (N-methyl/N-ethyl adjacent to an activating group) is 1. The van der Waals surface area contributed by atoms with Crippen molar-refractivity contribution in [3.8, 4) is 5.69 Å². The second kappa shape index (κ2) is 9.05. The molecule has 5 heteroatoms. The Morgan fingerprint density at radius 2 is 1.72 bits per heavy atom. The average molecular weight is 391 g/mol. The van der Waals surface area contributed by atoms with Crippen LogP contribution in [-0.4, -0.2) is 41.2 Å². The van der Waals surface area contributed by atoms with Crippen molar-refractivity contribution in [2.75, 3.05) is 20.6 Å². The van der Waals surface area contributed by atoms with Crippen molar-refractivity contribution in [1.82, 2.24) is 20.0 Å². The van der Waals surface area contributed by atoms with Gasteiger partial charge in [-0.15, -0.1) is 0 Å². The van der Waals surface area contributed by atoms with Crippen molar-refractivity contribution in [3.63, 3.8) is 0 Å². The third kappa shape index (κ3) is 4.57. The first kappa shape index (κ1) is 20.8. The van der Waals surface area contributed by atoms with E-state index in [0.717, 1.165) is 23.5 Å². The molecular formula is C24H30N4O. The van der Waals surface area contributed by atoms with Crippen LogP contribution >= 0.6 is 0 Å². The fraction of sp³-hybridized carbons (Fsp3) is 0.333. The lowest BCUT2D eigenvalue weighted by Gasteiger charge is -2.25. The number of hydrogen-bond donors (Lipinski definition) is 1. The van der Waals surface area contributed by atoms with E-state index in [4.69, 9.17) is 0 Å². The predicted octanol–water partition coefficient (Wildman–Crippen LogP) is 4.08. The summed E-state index contributed by atoms with van der Waals surface area (Å²) in [7, 11) is 4.07. The molecule has 3 rings (SSSR count). The lowest BCUT2D eigenvalue weighted by Crippen LogP contribution is -2.35. The molecule has 0 radical (unpaired) electrons. The Morgan fingerprint density at radius 1 is 1.07 bits per heavy atom. The lowest BCUT2D eigenvalue weighted by atomic mass is 10.0. The minimum Gasteiger partial charge on any atom is -0.350 e. The van der Waals surface area contributed by atoms with Crippen molar-refractivity contribution < 1.29 is 4.79 Å². The number of rotatable bonds is 7. The third-order valence-corrected chi connectivity index (χ3v) is 5.37. The summed E-state index contributed by atoms with van der Waals surface area (Å²) in [5.41, 5.74) is 5.69. The molecule has 0 unspecified atom stereocenters. The van der Waals surface area contributed by atoms with E-state index in [1.165, 1.54) is 11.1 Å². The number of benzene rings is 2. The average Bonchev–Trinajstić information content (AvgIpc) is 3.03. The molecule has 29 heavy (non-hydrogen) atoms. The number of carbonyl (C=O) groups is 1. The van der Waals surface area contributed by atoms with Gasteiger partial charge < -0.3 is 10.2 Å². The second-order valence-corrected chi connectivity index (χ2v) is 7.58. The van der Waals surface area contributed by atoms with Gasteiger partial charge in [-0.2, -0.15) is 5.10 Å². The minimum absolute atomic E-state index is 0.0841. The maximum atomic E-state index is 13.0. The van der Waals surface area contributed by atoms with E-state index in [1.807, 2.05) is 63.0 Å².